The Labute approximate surface area is 224 Å². The Hall–Kier alpha value is -3.22. The predicted octanol–water partition coefficient (Wildman–Crippen LogP) is 3.85. The van der Waals surface area contributed by atoms with Gasteiger partial charge in [-0.25, -0.2) is 0 Å². The maximum Gasteiger partial charge on any atom is -1.00 e. The third-order valence-corrected chi connectivity index (χ3v) is 14.5. The van der Waals surface area contributed by atoms with E-state index in [2.05, 4.69) is 151 Å². The van der Waals surface area contributed by atoms with Crippen LogP contribution in [0, 0.1) is 0 Å². The van der Waals surface area contributed by atoms with Crippen LogP contribution in [0.2, 0.25) is 0 Å². The maximum absolute atomic E-state index is 8.57. The molecule has 1 nitrogen and oxygen atoms in total. The van der Waals surface area contributed by atoms with Crippen LogP contribution in [0.4, 0.5) is 0 Å². The number of hydrogen-bond donors (Lipinski definition) is 0. The first-order valence-corrected chi connectivity index (χ1v) is 15.0. The molecule has 0 aliphatic carbocycles. The summed E-state index contributed by atoms with van der Waals surface area (Å²) in [4.78, 5) is 0. The fraction of sp³-hybridized carbons (Fsp3) is 0.0312. The third kappa shape index (κ3) is 4.18. The van der Waals surface area contributed by atoms with Gasteiger partial charge in [-0.05, 0) is 0 Å². The van der Waals surface area contributed by atoms with Crippen molar-refractivity contribution in [2.45, 2.75) is 5.78 Å². The number of rotatable bonds is 7. The fourth-order valence-corrected chi connectivity index (χ4v) is 12.2. The molecule has 180 valence electrons. The molecule has 0 radical (unpaired) electrons. The van der Waals surface area contributed by atoms with E-state index in [-0.39, 0.29) is 18.2 Å². The summed E-state index contributed by atoms with van der Waals surface area (Å²) in [5.74, 6) is -3.87. The molecule has 36 heavy (non-hydrogen) atoms. The van der Waals surface area contributed by atoms with Crippen molar-refractivity contribution in [2.75, 3.05) is 0 Å². The van der Waals surface area contributed by atoms with E-state index in [1.54, 1.807) is 0 Å². The van der Waals surface area contributed by atoms with Gasteiger partial charge in [-0.2, -0.15) is 0 Å². The van der Waals surface area contributed by atoms with Crippen LogP contribution in [0.15, 0.2) is 152 Å². The van der Waals surface area contributed by atoms with Crippen molar-refractivity contribution in [3.63, 3.8) is 0 Å². The second kappa shape index (κ2) is 10.8. The minimum atomic E-state index is -3.69. The van der Waals surface area contributed by atoms with Crippen LogP contribution >= 0.6 is 17.2 Å². The van der Waals surface area contributed by atoms with Gasteiger partial charge in [0.25, 0.3) is 0 Å². The Morgan fingerprint density at radius 3 is 1.36 bits per heavy atom. The number of halogens is 2. The molecule has 0 spiro atoms. The number of benzene rings is 4. The van der Waals surface area contributed by atoms with Gasteiger partial charge in [-0.15, -0.1) is 0 Å². The maximum atomic E-state index is 8.57. The zero-order valence-electron chi connectivity index (χ0n) is 19.9. The van der Waals surface area contributed by atoms with Crippen LogP contribution in [-0.4, -0.2) is 0 Å². The monoisotopic (exact) mass is 527 g/mol. The summed E-state index contributed by atoms with van der Waals surface area (Å²) >= 11 is 8.57. The zero-order valence-corrected chi connectivity index (χ0v) is 22.3. The van der Waals surface area contributed by atoms with Crippen molar-refractivity contribution in [3.8, 4) is 0 Å². The van der Waals surface area contributed by atoms with Crippen LogP contribution in [0.3, 0.4) is 0 Å². The normalized spacial score (nSPS) is 13.0. The molecule has 0 saturated carbocycles. The first-order chi connectivity index (χ1) is 17.2. The number of aromatic nitrogens is 1. The molecule has 0 bridgehead atoms. The van der Waals surface area contributed by atoms with Crippen LogP contribution < -0.4 is 32.9 Å². The van der Waals surface area contributed by atoms with E-state index in [1.807, 2.05) is 12.1 Å². The molecule has 1 aromatic heterocycles. The van der Waals surface area contributed by atoms with Gasteiger partial charge in [-0.3, -0.25) is 0 Å². The summed E-state index contributed by atoms with van der Waals surface area (Å²) in [6, 6.07) is 46.7. The number of nitrogens with zero attached hydrogens (tertiary/aromatic N) is 1. The smallest absolute Gasteiger partial charge is 1.00 e. The molecule has 0 amide bonds. The predicted molar refractivity (Wildman–Crippen MR) is 152 cm³/mol. The summed E-state index contributed by atoms with van der Waals surface area (Å²) < 4.78 is 2.28. The van der Waals surface area contributed by atoms with Gasteiger partial charge < -0.3 is 12.4 Å². The Kier molecular flexibility index (Phi) is 7.76. The van der Waals surface area contributed by atoms with Crippen molar-refractivity contribution < 1.29 is 17.0 Å². The molecule has 1 unspecified atom stereocenters. The number of hydrogen-bond acceptors (Lipinski definition) is 0. The van der Waals surface area contributed by atoms with Crippen LogP contribution in [-0.2, 0) is 0 Å². The first kappa shape index (κ1) is 25.9. The van der Waals surface area contributed by atoms with E-state index in [1.165, 1.54) is 0 Å². The Balaban J connectivity index is 0.00000304. The van der Waals surface area contributed by atoms with E-state index in [4.69, 9.17) is 11.2 Å². The van der Waals surface area contributed by atoms with Crippen molar-refractivity contribution in [2.24, 2.45) is 0 Å². The van der Waals surface area contributed by atoms with E-state index < -0.39 is 5.96 Å². The van der Waals surface area contributed by atoms with Crippen LogP contribution in [0.5, 0.6) is 0 Å². The molecule has 0 aliphatic heterocycles. The van der Waals surface area contributed by atoms with Gasteiger partial charge in [0.1, 0.15) is 0 Å². The second-order valence-electron chi connectivity index (χ2n) is 8.65. The van der Waals surface area contributed by atoms with Gasteiger partial charge in [0, 0.05) is 0 Å². The molecule has 0 N–H and O–H groups in total. The molecule has 0 aliphatic rings. The van der Waals surface area contributed by atoms with E-state index >= 15 is 0 Å². The summed E-state index contributed by atoms with van der Waals surface area (Å²) in [6.07, 6.45) is 6.13. The Morgan fingerprint density at radius 2 is 0.972 bits per heavy atom. The topological polar surface area (TPSA) is 3.88 Å². The molecule has 5 aromatic rings. The zero-order chi connectivity index (χ0) is 24.2. The molecule has 5 rings (SSSR count). The van der Waals surface area contributed by atoms with Gasteiger partial charge in [0.05, 0.1) is 0 Å². The van der Waals surface area contributed by atoms with Crippen molar-refractivity contribution in [1.29, 1.82) is 0 Å². The number of pyridine rings is 1. The van der Waals surface area contributed by atoms with Gasteiger partial charge in [0.2, 0.25) is 0 Å². The van der Waals surface area contributed by atoms with E-state index in [0.717, 1.165) is 27.0 Å². The van der Waals surface area contributed by atoms with Gasteiger partial charge >= 0.3 is 213 Å². The molecule has 0 fully saturated rings. The molecular formula is C32H28Cl2NP. The van der Waals surface area contributed by atoms with Gasteiger partial charge in [-0.1, -0.05) is 0 Å². The Bertz CT molecular complexity index is 1310. The quantitative estimate of drug-likeness (QED) is 0.223. The molecule has 1 atom stereocenters. The van der Waals surface area contributed by atoms with E-state index in [9.17, 15) is 0 Å². The summed E-state index contributed by atoms with van der Waals surface area (Å²) in [5.41, 5.74) is 2.23. The van der Waals surface area contributed by atoms with Crippen molar-refractivity contribution in [1.82, 2.24) is 0 Å². The minimum absolute atomic E-state index is 0. The third-order valence-electron chi connectivity index (χ3n) is 6.73. The van der Waals surface area contributed by atoms with Crippen LogP contribution in [0.25, 0.3) is 6.08 Å². The van der Waals surface area contributed by atoms with E-state index in [0.29, 0.717) is 0 Å². The minimum Gasteiger partial charge on any atom is -1.00 e. The molecule has 4 heteroatoms. The van der Waals surface area contributed by atoms with Crippen molar-refractivity contribution in [3.05, 3.63) is 164 Å². The molecule has 4 aromatic carbocycles. The summed E-state index contributed by atoms with van der Waals surface area (Å²) in [7, 11) is 0. The van der Waals surface area contributed by atoms with Crippen LogP contribution in [0.1, 0.15) is 16.9 Å². The summed E-state index contributed by atoms with van der Waals surface area (Å²) in [5, 5.41) is 3.39. The SMILES string of the molecule is C=Cc1ccc(C([n+]2ccccc2)P(Cl)(c2ccccc2)(c2ccccc2)c2ccccc2)cc1.[Cl-]. The average Bonchev–Trinajstić information content (AvgIpc) is 2.95. The Morgan fingerprint density at radius 1 is 0.583 bits per heavy atom. The van der Waals surface area contributed by atoms with Crippen molar-refractivity contribution >= 4 is 39.2 Å². The average molecular weight is 528 g/mol. The molecule has 0 saturated heterocycles. The summed E-state index contributed by atoms with van der Waals surface area (Å²) in [6.45, 7) is 3.95. The fourth-order valence-electron chi connectivity index (χ4n) is 5.11. The largest absolute Gasteiger partial charge is 1.00 e. The first-order valence-electron chi connectivity index (χ1n) is 11.7. The second-order valence-corrected chi connectivity index (χ2v) is 14.9. The van der Waals surface area contributed by atoms with Gasteiger partial charge in [0.15, 0.2) is 0 Å². The molecule has 1 heterocycles. The molecular weight excluding hydrogens is 500 g/mol. The standard InChI is InChI=1S/C32H28ClNP.ClH/c1-2-27-21-23-28(24-22-27)32(34-25-13-6-14-26-34)35(33,29-15-7-3-8-16-29,30-17-9-4-10-18-30)31-19-11-5-12-20-31;/h2-26,32H,1H2;1H/q+1;/p-1.